The van der Waals surface area contributed by atoms with Gasteiger partial charge in [0.15, 0.2) is 0 Å². The number of carbonyl (C=O) groups excluding carboxylic acids is 1. The first-order chi connectivity index (χ1) is 13.0. The van der Waals surface area contributed by atoms with Crippen molar-refractivity contribution in [2.24, 2.45) is 0 Å². The van der Waals surface area contributed by atoms with Crippen molar-refractivity contribution in [1.29, 1.82) is 0 Å². The molecule has 2 fully saturated rings. The molecule has 0 N–H and O–H groups in total. The average Bonchev–Trinajstić information content (AvgIpc) is 2.99. The van der Waals surface area contributed by atoms with E-state index in [0.29, 0.717) is 12.5 Å². The maximum absolute atomic E-state index is 11.7. The molecular formula is C20H28N6O. The Morgan fingerprint density at radius 3 is 2.59 bits per heavy atom. The molecule has 0 aliphatic carbocycles. The van der Waals surface area contributed by atoms with Gasteiger partial charge in [-0.25, -0.2) is 9.97 Å². The molecule has 1 aromatic carbocycles. The van der Waals surface area contributed by atoms with E-state index >= 15 is 0 Å². The van der Waals surface area contributed by atoms with Crippen molar-refractivity contribution < 1.29 is 4.79 Å². The van der Waals surface area contributed by atoms with Gasteiger partial charge in [0.05, 0.1) is 5.52 Å². The van der Waals surface area contributed by atoms with Crippen LogP contribution < -0.4 is 9.80 Å². The van der Waals surface area contributed by atoms with Crippen LogP contribution in [0.2, 0.25) is 0 Å². The summed E-state index contributed by atoms with van der Waals surface area (Å²) in [4.78, 5) is 29.4. The van der Waals surface area contributed by atoms with Gasteiger partial charge in [-0.1, -0.05) is 0 Å². The summed E-state index contributed by atoms with van der Waals surface area (Å²) in [6, 6.07) is 6.84. The number of fused-ring (bicyclic) bond motifs is 1. The van der Waals surface area contributed by atoms with Crippen LogP contribution in [0.4, 0.5) is 11.5 Å². The lowest BCUT2D eigenvalue weighted by Crippen LogP contribution is -2.50. The maximum Gasteiger partial charge on any atom is 0.222 e. The van der Waals surface area contributed by atoms with Crippen molar-refractivity contribution in [3.63, 3.8) is 0 Å². The van der Waals surface area contributed by atoms with Crippen molar-refractivity contribution in [1.82, 2.24) is 19.8 Å². The summed E-state index contributed by atoms with van der Waals surface area (Å²) >= 11 is 0. The second-order valence-electron chi connectivity index (χ2n) is 7.78. The number of hydrogen-bond acceptors (Lipinski definition) is 6. The minimum atomic E-state index is 0.286. The molecule has 7 nitrogen and oxygen atoms in total. The summed E-state index contributed by atoms with van der Waals surface area (Å²) in [6.45, 7) is 5.05. The third-order valence-corrected chi connectivity index (χ3v) is 5.86. The van der Waals surface area contributed by atoms with Crippen LogP contribution in [0, 0.1) is 0 Å². The Balaban J connectivity index is 1.43. The Labute approximate surface area is 160 Å². The average molecular weight is 368 g/mol. The highest BCUT2D eigenvalue weighted by Crippen LogP contribution is 2.27. The van der Waals surface area contributed by atoms with Gasteiger partial charge in [-0.15, -0.1) is 0 Å². The Morgan fingerprint density at radius 2 is 1.93 bits per heavy atom. The number of benzene rings is 1. The minimum absolute atomic E-state index is 0.286. The molecule has 144 valence electrons. The topological polar surface area (TPSA) is 55.8 Å². The molecule has 1 unspecified atom stereocenters. The predicted octanol–water partition coefficient (Wildman–Crippen LogP) is 1.44. The second kappa shape index (κ2) is 7.31. The number of nitrogens with zero attached hydrogens (tertiary/aromatic N) is 6. The highest BCUT2D eigenvalue weighted by atomic mass is 16.2. The van der Waals surface area contributed by atoms with Crippen molar-refractivity contribution >= 4 is 28.3 Å². The van der Waals surface area contributed by atoms with Crippen molar-refractivity contribution in [2.45, 2.75) is 18.9 Å². The van der Waals surface area contributed by atoms with Gasteiger partial charge in [-0.3, -0.25) is 9.69 Å². The molecule has 0 spiro atoms. The molecule has 27 heavy (non-hydrogen) atoms. The van der Waals surface area contributed by atoms with Crippen molar-refractivity contribution in [2.75, 3.05) is 63.7 Å². The molecule has 3 heterocycles. The first-order valence-corrected chi connectivity index (χ1v) is 9.68. The van der Waals surface area contributed by atoms with Gasteiger partial charge in [0.1, 0.15) is 12.1 Å². The molecular weight excluding hydrogens is 340 g/mol. The van der Waals surface area contributed by atoms with E-state index in [1.807, 2.05) is 30.9 Å². The number of amides is 1. The first-order valence-electron chi connectivity index (χ1n) is 9.68. The SMILES string of the molecule is CN(C)c1ncnc2ccc(N3CCN(CC4CCC(=O)N4C)CC3)cc12. The highest BCUT2D eigenvalue weighted by Gasteiger charge is 2.30. The highest BCUT2D eigenvalue weighted by molar-refractivity contribution is 5.91. The zero-order valence-corrected chi connectivity index (χ0v) is 16.4. The van der Waals surface area contributed by atoms with Gasteiger partial charge in [0.2, 0.25) is 5.91 Å². The molecule has 0 bridgehead atoms. The summed E-state index contributed by atoms with van der Waals surface area (Å²) in [5, 5.41) is 1.09. The van der Waals surface area contributed by atoms with Crippen LogP contribution >= 0.6 is 0 Å². The van der Waals surface area contributed by atoms with Crippen LogP contribution in [0.5, 0.6) is 0 Å². The number of piperazine rings is 1. The predicted molar refractivity (Wildman–Crippen MR) is 108 cm³/mol. The maximum atomic E-state index is 11.7. The summed E-state index contributed by atoms with van der Waals surface area (Å²) < 4.78 is 0. The fourth-order valence-electron chi connectivity index (χ4n) is 4.15. The van der Waals surface area contributed by atoms with Gasteiger partial charge >= 0.3 is 0 Å². The van der Waals surface area contributed by atoms with Crippen LogP contribution in [-0.4, -0.2) is 85.6 Å². The van der Waals surface area contributed by atoms with Crippen LogP contribution in [0.15, 0.2) is 24.5 Å². The number of carbonyl (C=O) groups is 1. The Bertz CT molecular complexity index is 830. The van der Waals surface area contributed by atoms with E-state index in [2.05, 4.69) is 38.0 Å². The lowest BCUT2D eigenvalue weighted by molar-refractivity contribution is -0.127. The van der Waals surface area contributed by atoms with E-state index in [4.69, 9.17) is 0 Å². The zero-order chi connectivity index (χ0) is 19.0. The van der Waals surface area contributed by atoms with Gasteiger partial charge < -0.3 is 14.7 Å². The van der Waals surface area contributed by atoms with Gasteiger partial charge in [-0.2, -0.15) is 0 Å². The van der Waals surface area contributed by atoms with E-state index in [1.54, 1.807) is 6.33 Å². The molecule has 2 saturated heterocycles. The lowest BCUT2D eigenvalue weighted by Gasteiger charge is -2.38. The quantitative estimate of drug-likeness (QED) is 0.814. The molecule has 1 amide bonds. The Kier molecular flexibility index (Phi) is 4.86. The molecule has 2 aromatic rings. The van der Waals surface area contributed by atoms with E-state index in [-0.39, 0.29) is 5.91 Å². The third-order valence-electron chi connectivity index (χ3n) is 5.86. The molecule has 0 radical (unpaired) electrons. The monoisotopic (exact) mass is 368 g/mol. The third kappa shape index (κ3) is 3.56. The first kappa shape index (κ1) is 18.0. The molecule has 7 heteroatoms. The summed E-state index contributed by atoms with van der Waals surface area (Å²) in [6.07, 6.45) is 3.32. The molecule has 2 aliphatic heterocycles. The number of likely N-dealkylation sites (tertiary alicyclic amines) is 1. The smallest absolute Gasteiger partial charge is 0.222 e. The molecule has 1 aromatic heterocycles. The van der Waals surface area contributed by atoms with Crippen LogP contribution in [0.1, 0.15) is 12.8 Å². The Hall–Kier alpha value is -2.41. The molecule has 1 atom stereocenters. The summed E-state index contributed by atoms with van der Waals surface area (Å²) in [7, 11) is 5.96. The van der Waals surface area contributed by atoms with Crippen LogP contribution in [0.25, 0.3) is 10.9 Å². The number of anilines is 2. The normalized spacial score (nSPS) is 21.3. The summed E-state index contributed by atoms with van der Waals surface area (Å²) in [5.74, 6) is 1.24. The van der Waals surface area contributed by atoms with Crippen LogP contribution in [0.3, 0.4) is 0 Å². The van der Waals surface area contributed by atoms with Gasteiger partial charge in [0, 0.05) is 77.4 Å². The fraction of sp³-hybridized carbons (Fsp3) is 0.550. The minimum Gasteiger partial charge on any atom is -0.369 e. The molecule has 2 aliphatic rings. The lowest BCUT2D eigenvalue weighted by atomic mass is 10.1. The van der Waals surface area contributed by atoms with E-state index in [9.17, 15) is 4.79 Å². The van der Waals surface area contributed by atoms with E-state index < -0.39 is 0 Å². The van der Waals surface area contributed by atoms with Gasteiger partial charge in [0.25, 0.3) is 0 Å². The molecule has 0 saturated carbocycles. The second-order valence-corrected chi connectivity index (χ2v) is 7.78. The summed E-state index contributed by atoms with van der Waals surface area (Å²) in [5.41, 5.74) is 2.21. The largest absolute Gasteiger partial charge is 0.369 e. The van der Waals surface area contributed by atoms with Crippen molar-refractivity contribution in [3.8, 4) is 0 Å². The zero-order valence-electron chi connectivity index (χ0n) is 16.4. The van der Waals surface area contributed by atoms with Crippen LogP contribution in [-0.2, 0) is 4.79 Å². The standard InChI is InChI=1S/C20H28N6O/c1-23(2)20-17-12-15(4-6-18(17)21-14-22-20)26-10-8-25(9-11-26)13-16-5-7-19(27)24(16)3/h4,6,12,14,16H,5,7-11,13H2,1-3H3. The number of rotatable bonds is 4. The van der Waals surface area contributed by atoms with Gasteiger partial charge in [-0.05, 0) is 24.6 Å². The number of aromatic nitrogens is 2. The molecule has 4 rings (SSSR count). The number of likely N-dealkylation sites (N-methyl/N-ethyl adjacent to an activating group) is 1. The van der Waals surface area contributed by atoms with Crippen molar-refractivity contribution in [3.05, 3.63) is 24.5 Å². The fourth-order valence-corrected chi connectivity index (χ4v) is 4.15. The Morgan fingerprint density at radius 1 is 1.15 bits per heavy atom. The van der Waals surface area contributed by atoms with E-state index in [1.165, 1.54) is 5.69 Å². The van der Waals surface area contributed by atoms with E-state index in [0.717, 1.165) is 55.9 Å². The number of hydrogen-bond donors (Lipinski definition) is 0.